The van der Waals surface area contributed by atoms with Crippen LogP contribution < -0.4 is 4.90 Å². The quantitative estimate of drug-likeness (QED) is 0.0969. The molecule has 0 bridgehead atoms. The Hall–Kier alpha value is -6.66. The van der Waals surface area contributed by atoms with E-state index < -0.39 is 0 Å². The van der Waals surface area contributed by atoms with Crippen molar-refractivity contribution in [3.05, 3.63) is 161 Å². The number of nitriles is 4. The van der Waals surface area contributed by atoms with Gasteiger partial charge in [0.05, 0.1) is 0 Å². The summed E-state index contributed by atoms with van der Waals surface area (Å²) < 4.78 is 0. The number of rotatable bonds is 12. The van der Waals surface area contributed by atoms with Crippen LogP contribution in [0, 0.1) is 45.3 Å². The Balaban J connectivity index is 1.55. The van der Waals surface area contributed by atoms with E-state index in [2.05, 4.69) is 79.4 Å². The monoisotopic (exact) mass is 673 g/mol. The van der Waals surface area contributed by atoms with Crippen molar-refractivity contribution in [2.45, 2.75) is 57.8 Å². The van der Waals surface area contributed by atoms with E-state index in [1.807, 2.05) is 91.0 Å². The molecule has 0 spiro atoms. The van der Waals surface area contributed by atoms with Gasteiger partial charge in [-0.25, -0.2) is 0 Å². The highest BCUT2D eigenvalue weighted by Gasteiger charge is 2.42. The molecule has 5 nitrogen and oxygen atoms in total. The van der Waals surface area contributed by atoms with E-state index in [1.54, 1.807) is 0 Å². The highest BCUT2D eigenvalue weighted by molar-refractivity contribution is 6.11. The number of fused-ring (bicyclic) bond motifs is 3. The molecule has 5 aromatic rings. The zero-order valence-electron chi connectivity index (χ0n) is 29.6. The minimum absolute atomic E-state index is 0.152. The number of benzene rings is 5. The fourth-order valence-corrected chi connectivity index (χ4v) is 7.71. The van der Waals surface area contributed by atoms with Crippen molar-refractivity contribution in [3.63, 3.8) is 0 Å². The number of hydrogen-bond acceptors (Lipinski definition) is 5. The fraction of sp³-hybridized carbons (Fsp3) is 0.191. The van der Waals surface area contributed by atoms with Crippen molar-refractivity contribution in [2.24, 2.45) is 0 Å². The normalized spacial score (nSPS) is 11.8. The molecule has 0 radical (unpaired) electrons. The lowest BCUT2D eigenvalue weighted by molar-refractivity contribution is 0.414. The summed E-state index contributed by atoms with van der Waals surface area (Å²) >= 11 is 0. The average molecular weight is 674 g/mol. The minimum Gasteiger partial charge on any atom is -0.311 e. The zero-order valence-corrected chi connectivity index (χ0v) is 29.6. The molecule has 5 aromatic carbocycles. The van der Waals surface area contributed by atoms with Crippen molar-refractivity contribution in [3.8, 4) is 35.4 Å². The van der Waals surface area contributed by atoms with Crippen LogP contribution in [0.2, 0.25) is 0 Å². The number of para-hydroxylation sites is 2. The first-order valence-electron chi connectivity index (χ1n) is 17.9. The van der Waals surface area contributed by atoms with E-state index in [0.29, 0.717) is 11.1 Å². The van der Waals surface area contributed by atoms with Crippen LogP contribution in [0.25, 0.3) is 22.3 Å². The molecule has 1 aliphatic carbocycles. The smallest absolute Gasteiger partial charge is 0.138 e. The summed E-state index contributed by atoms with van der Waals surface area (Å²) in [6.45, 7) is 4.43. The molecule has 0 fully saturated rings. The molecule has 0 unspecified atom stereocenters. The van der Waals surface area contributed by atoms with Crippen LogP contribution in [0.4, 0.5) is 17.1 Å². The van der Waals surface area contributed by atoms with Gasteiger partial charge in [0.25, 0.3) is 0 Å². The molecule has 0 saturated carbocycles. The van der Waals surface area contributed by atoms with Gasteiger partial charge in [0, 0.05) is 33.6 Å². The predicted molar refractivity (Wildman–Crippen MR) is 209 cm³/mol. The van der Waals surface area contributed by atoms with Gasteiger partial charge in [-0.2, -0.15) is 21.0 Å². The lowest BCUT2D eigenvalue weighted by Gasteiger charge is -2.33. The highest BCUT2D eigenvalue weighted by Crippen LogP contribution is 2.55. The van der Waals surface area contributed by atoms with E-state index in [9.17, 15) is 21.0 Å². The van der Waals surface area contributed by atoms with Crippen LogP contribution in [0.5, 0.6) is 0 Å². The Bertz CT molecular complexity index is 2230. The largest absolute Gasteiger partial charge is 0.311 e. The van der Waals surface area contributed by atoms with Crippen LogP contribution in [-0.2, 0) is 5.41 Å². The summed E-state index contributed by atoms with van der Waals surface area (Å²) in [6.07, 6.45) is 6.19. The third-order valence-electron chi connectivity index (χ3n) is 10.1. The molecule has 0 saturated heterocycles. The van der Waals surface area contributed by atoms with Gasteiger partial charge in [0.2, 0.25) is 0 Å². The van der Waals surface area contributed by atoms with E-state index in [4.69, 9.17) is 0 Å². The molecule has 0 aliphatic heterocycles. The molecule has 1 aliphatic rings. The summed E-state index contributed by atoms with van der Waals surface area (Å²) in [5.74, 6) is 0. The summed E-state index contributed by atoms with van der Waals surface area (Å²) in [5.41, 5.74) is 8.88. The standard InChI is InChI=1S/C47H39N5/c1-3-5-27-47(28-6-4-2)43-20-14-13-19-41(43)42-26-23-35(29-44(42)47)46(37(32-50)33-51)45(36(30-48)31-49)34-21-24-40(25-22-34)52(38-15-9-7-10-16-38)39-17-11-8-12-18-39/h7-26,29H,3-6,27-28H2,1-2H3. The Kier molecular flexibility index (Phi) is 10.8. The van der Waals surface area contributed by atoms with Gasteiger partial charge >= 0.3 is 0 Å². The molecule has 0 atom stereocenters. The molecular formula is C47H39N5. The number of nitrogens with zero attached hydrogens (tertiary/aromatic N) is 5. The Morgan fingerprint density at radius 2 is 0.942 bits per heavy atom. The van der Waals surface area contributed by atoms with Gasteiger partial charge in [-0.05, 0) is 88.7 Å². The number of hydrogen-bond donors (Lipinski definition) is 0. The van der Waals surface area contributed by atoms with Gasteiger partial charge in [-0.3, -0.25) is 0 Å². The number of anilines is 3. The maximum atomic E-state index is 10.4. The molecule has 6 rings (SSSR count). The first-order chi connectivity index (χ1) is 25.5. The molecule has 0 aromatic heterocycles. The summed E-state index contributed by atoms with van der Waals surface area (Å²) in [7, 11) is 0. The van der Waals surface area contributed by atoms with E-state index >= 15 is 0 Å². The third-order valence-corrected chi connectivity index (χ3v) is 10.1. The maximum Gasteiger partial charge on any atom is 0.138 e. The second-order valence-electron chi connectivity index (χ2n) is 13.1. The van der Waals surface area contributed by atoms with Gasteiger partial charge in [-0.15, -0.1) is 0 Å². The SMILES string of the molecule is CCCCC1(CCCC)c2ccccc2-c2ccc(C(=C(C#N)C#N)C(=C(C#N)C#N)c3ccc(N(c4ccccc4)c4ccccc4)cc3)cc21. The second-order valence-corrected chi connectivity index (χ2v) is 13.1. The molecule has 0 N–H and O–H groups in total. The van der Waals surface area contributed by atoms with Crippen LogP contribution in [0.1, 0.15) is 74.6 Å². The molecule has 252 valence electrons. The van der Waals surface area contributed by atoms with Gasteiger partial charge in [0.1, 0.15) is 35.4 Å². The first-order valence-corrected chi connectivity index (χ1v) is 17.9. The fourth-order valence-electron chi connectivity index (χ4n) is 7.71. The Morgan fingerprint density at radius 1 is 0.500 bits per heavy atom. The van der Waals surface area contributed by atoms with E-state index in [0.717, 1.165) is 61.2 Å². The van der Waals surface area contributed by atoms with Gasteiger partial charge < -0.3 is 4.90 Å². The van der Waals surface area contributed by atoms with Crippen LogP contribution in [-0.4, -0.2) is 0 Å². The zero-order chi connectivity index (χ0) is 36.5. The van der Waals surface area contributed by atoms with Crippen molar-refractivity contribution < 1.29 is 0 Å². The maximum absolute atomic E-state index is 10.4. The van der Waals surface area contributed by atoms with Gasteiger partial charge in [-0.1, -0.05) is 124 Å². The number of allylic oxidation sites excluding steroid dienone is 4. The summed E-state index contributed by atoms with van der Waals surface area (Å²) in [4.78, 5) is 2.12. The van der Waals surface area contributed by atoms with Gasteiger partial charge in [0.15, 0.2) is 0 Å². The van der Waals surface area contributed by atoms with E-state index in [-0.39, 0.29) is 27.7 Å². The molecular weight excluding hydrogens is 635 g/mol. The van der Waals surface area contributed by atoms with Crippen molar-refractivity contribution in [1.29, 1.82) is 21.0 Å². The second kappa shape index (κ2) is 15.9. The number of unbranched alkanes of at least 4 members (excludes halogenated alkanes) is 2. The highest BCUT2D eigenvalue weighted by atomic mass is 15.1. The van der Waals surface area contributed by atoms with Crippen LogP contribution in [0.3, 0.4) is 0 Å². The Morgan fingerprint density at radius 3 is 1.46 bits per heavy atom. The summed E-state index contributed by atoms with van der Waals surface area (Å²) in [6, 6.07) is 50.8. The average Bonchev–Trinajstić information content (AvgIpc) is 3.47. The van der Waals surface area contributed by atoms with Crippen molar-refractivity contribution in [2.75, 3.05) is 4.90 Å². The topological polar surface area (TPSA) is 98.4 Å². The van der Waals surface area contributed by atoms with E-state index in [1.165, 1.54) is 16.7 Å². The first kappa shape index (κ1) is 35.2. The van der Waals surface area contributed by atoms with Crippen LogP contribution >= 0.6 is 0 Å². The lowest BCUT2D eigenvalue weighted by atomic mass is 9.70. The van der Waals surface area contributed by atoms with Crippen molar-refractivity contribution >= 4 is 28.2 Å². The van der Waals surface area contributed by atoms with Crippen LogP contribution in [0.15, 0.2) is 139 Å². The Labute approximate surface area is 307 Å². The molecule has 5 heteroatoms. The third kappa shape index (κ3) is 6.50. The minimum atomic E-state index is -0.227. The van der Waals surface area contributed by atoms with Crippen molar-refractivity contribution in [1.82, 2.24) is 0 Å². The summed E-state index contributed by atoms with van der Waals surface area (Å²) in [5, 5.41) is 41.5. The lowest BCUT2D eigenvalue weighted by Crippen LogP contribution is -2.25. The molecule has 52 heavy (non-hydrogen) atoms. The predicted octanol–water partition coefficient (Wildman–Crippen LogP) is 12.1. The molecule has 0 amide bonds. The molecule has 0 heterocycles.